The number of nitrogens with one attached hydrogen (secondary N) is 1. The van der Waals surface area contributed by atoms with E-state index in [1.165, 1.54) is 5.56 Å². The summed E-state index contributed by atoms with van der Waals surface area (Å²) in [6, 6.07) is 16.2. The fourth-order valence-corrected chi connectivity index (χ4v) is 2.65. The molecule has 0 amide bonds. The van der Waals surface area contributed by atoms with Gasteiger partial charge in [0.25, 0.3) is 0 Å². The van der Waals surface area contributed by atoms with E-state index in [0.717, 1.165) is 29.1 Å². The van der Waals surface area contributed by atoms with E-state index < -0.39 is 0 Å². The number of methoxy groups -OCH3 is 1. The largest absolute Gasteiger partial charge is 0.497 e. The highest BCUT2D eigenvalue weighted by Gasteiger charge is 2.06. The molecule has 1 heterocycles. The molecule has 1 aromatic heterocycles. The van der Waals surface area contributed by atoms with E-state index in [0.29, 0.717) is 11.2 Å². The number of aryl methyl sites for hydroxylation is 1. The van der Waals surface area contributed by atoms with Gasteiger partial charge in [-0.2, -0.15) is 14.9 Å². The number of aromatic nitrogens is 3. The van der Waals surface area contributed by atoms with Crippen molar-refractivity contribution in [1.29, 1.82) is 0 Å². The molecule has 2 aromatic carbocycles. The summed E-state index contributed by atoms with van der Waals surface area (Å²) < 4.78 is 7.32. The predicted octanol–water partition coefficient (Wildman–Crippen LogP) is 3.98. The van der Waals surface area contributed by atoms with E-state index in [1.54, 1.807) is 18.0 Å². The lowest BCUT2D eigenvalue weighted by atomic mass is 10.1. The van der Waals surface area contributed by atoms with Gasteiger partial charge < -0.3 is 4.74 Å². The normalized spacial score (nSPS) is 11.1. The first-order chi connectivity index (χ1) is 12.2. The van der Waals surface area contributed by atoms with Gasteiger partial charge in [0, 0.05) is 6.42 Å². The summed E-state index contributed by atoms with van der Waals surface area (Å²) in [4.78, 5) is 0. The van der Waals surface area contributed by atoms with Crippen LogP contribution >= 0.6 is 12.2 Å². The van der Waals surface area contributed by atoms with Crippen molar-refractivity contribution in [2.24, 2.45) is 5.10 Å². The lowest BCUT2D eigenvalue weighted by Gasteiger charge is -2.03. The molecule has 0 saturated heterocycles. The molecule has 0 fully saturated rings. The summed E-state index contributed by atoms with van der Waals surface area (Å²) in [5.74, 6) is 1.59. The number of hydrogen-bond donors (Lipinski definition) is 1. The monoisotopic (exact) mass is 352 g/mol. The van der Waals surface area contributed by atoms with E-state index in [2.05, 4.69) is 46.5 Å². The molecule has 5 nitrogen and oxygen atoms in total. The third-order valence-corrected chi connectivity index (χ3v) is 4.21. The van der Waals surface area contributed by atoms with Crippen LogP contribution in [0.5, 0.6) is 5.75 Å². The van der Waals surface area contributed by atoms with Gasteiger partial charge in [0.2, 0.25) is 4.77 Å². The molecule has 0 bridgehead atoms. The maximum absolute atomic E-state index is 5.29. The standard InChI is InChI=1S/C19H20N4OS/c1-3-14-4-6-16(7-5-14)13-20-23-18(21-22-19(23)25)12-15-8-10-17(24-2)11-9-15/h4-11,13H,3,12H2,1-2H3,(H,22,25)/b20-13-. The first kappa shape index (κ1) is 17.1. The van der Waals surface area contributed by atoms with Crippen LogP contribution < -0.4 is 4.74 Å². The van der Waals surface area contributed by atoms with Crippen LogP contribution in [0.1, 0.15) is 29.4 Å². The first-order valence-electron chi connectivity index (χ1n) is 8.12. The Hall–Kier alpha value is -2.73. The van der Waals surface area contributed by atoms with Gasteiger partial charge in [-0.25, -0.2) is 0 Å². The molecular formula is C19H20N4OS. The van der Waals surface area contributed by atoms with Crippen LogP contribution in [0.3, 0.4) is 0 Å². The molecule has 0 aliphatic rings. The summed E-state index contributed by atoms with van der Waals surface area (Å²) in [7, 11) is 1.65. The zero-order valence-electron chi connectivity index (χ0n) is 14.3. The van der Waals surface area contributed by atoms with Crippen LogP contribution in [0.15, 0.2) is 53.6 Å². The van der Waals surface area contributed by atoms with Crippen molar-refractivity contribution in [2.45, 2.75) is 19.8 Å². The lowest BCUT2D eigenvalue weighted by Crippen LogP contribution is -2.00. The summed E-state index contributed by atoms with van der Waals surface area (Å²) >= 11 is 5.29. The average molecular weight is 352 g/mol. The van der Waals surface area contributed by atoms with Crippen molar-refractivity contribution in [1.82, 2.24) is 14.9 Å². The Morgan fingerprint density at radius 3 is 2.44 bits per heavy atom. The van der Waals surface area contributed by atoms with Crippen LogP contribution in [0.4, 0.5) is 0 Å². The number of benzene rings is 2. The van der Waals surface area contributed by atoms with Crippen molar-refractivity contribution in [3.63, 3.8) is 0 Å². The van der Waals surface area contributed by atoms with Crippen molar-refractivity contribution in [2.75, 3.05) is 7.11 Å². The van der Waals surface area contributed by atoms with Gasteiger partial charge in [-0.1, -0.05) is 43.3 Å². The highest BCUT2D eigenvalue weighted by molar-refractivity contribution is 7.71. The van der Waals surface area contributed by atoms with Crippen LogP contribution in [0, 0.1) is 4.77 Å². The van der Waals surface area contributed by atoms with Crippen molar-refractivity contribution >= 4 is 18.4 Å². The van der Waals surface area contributed by atoms with Gasteiger partial charge in [-0.05, 0) is 47.5 Å². The molecule has 0 radical (unpaired) electrons. The minimum atomic E-state index is 0.477. The van der Waals surface area contributed by atoms with Crippen LogP contribution in [0.25, 0.3) is 0 Å². The predicted molar refractivity (Wildman–Crippen MR) is 102 cm³/mol. The Labute approximate surface area is 152 Å². The van der Waals surface area contributed by atoms with Crippen molar-refractivity contribution in [3.8, 4) is 5.75 Å². The molecule has 6 heteroatoms. The maximum Gasteiger partial charge on any atom is 0.216 e. The van der Waals surface area contributed by atoms with Crippen molar-refractivity contribution < 1.29 is 4.74 Å². The fourth-order valence-electron chi connectivity index (χ4n) is 2.45. The number of hydrogen-bond acceptors (Lipinski definition) is 4. The Morgan fingerprint density at radius 1 is 1.12 bits per heavy atom. The second-order valence-electron chi connectivity index (χ2n) is 5.62. The second-order valence-corrected chi connectivity index (χ2v) is 6.01. The van der Waals surface area contributed by atoms with Crippen molar-refractivity contribution in [3.05, 3.63) is 75.8 Å². The molecular weight excluding hydrogens is 332 g/mol. The van der Waals surface area contributed by atoms with Gasteiger partial charge in [0.15, 0.2) is 5.82 Å². The quantitative estimate of drug-likeness (QED) is 0.539. The second kappa shape index (κ2) is 7.90. The fraction of sp³-hybridized carbons (Fsp3) is 0.211. The third kappa shape index (κ3) is 4.22. The number of nitrogens with zero attached hydrogens (tertiary/aromatic N) is 3. The van der Waals surface area contributed by atoms with E-state index in [9.17, 15) is 0 Å². The molecule has 0 aliphatic heterocycles. The Morgan fingerprint density at radius 2 is 1.80 bits per heavy atom. The smallest absolute Gasteiger partial charge is 0.216 e. The molecule has 0 atom stereocenters. The molecule has 0 aliphatic carbocycles. The number of H-pyrrole nitrogens is 1. The van der Waals surface area contributed by atoms with Gasteiger partial charge in [-0.3, -0.25) is 5.10 Å². The zero-order valence-corrected chi connectivity index (χ0v) is 15.1. The Kier molecular flexibility index (Phi) is 5.40. The van der Waals surface area contributed by atoms with Gasteiger partial charge in [-0.15, -0.1) is 0 Å². The summed E-state index contributed by atoms with van der Waals surface area (Å²) in [6.07, 6.45) is 3.45. The van der Waals surface area contributed by atoms with Crippen LogP contribution in [-0.4, -0.2) is 28.2 Å². The molecule has 0 spiro atoms. The van der Waals surface area contributed by atoms with E-state index in [4.69, 9.17) is 17.0 Å². The van der Waals surface area contributed by atoms with E-state index in [1.807, 2.05) is 24.3 Å². The molecule has 25 heavy (non-hydrogen) atoms. The van der Waals surface area contributed by atoms with Gasteiger partial charge in [0.05, 0.1) is 13.3 Å². The molecule has 3 rings (SSSR count). The van der Waals surface area contributed by atoms with Gasteiger partial charge >= 0.3 is 0 Å². The molecule has 1 N–H and O–H groups in total. The first-order valence-corrected chi connectivity index (χ1v) is 8.53. The Bertz CT molecular complexity index is 908. The number of rotatable bonds is 6. The zero-order chi connectivity index (χ0) is 17.6. The van der Waals surface area contributed by atoms with Gasteiger partial charge in [0.1, 0.15) is 5.75 Å². The van der Waals surface area contributed by atoms with Crippen LogP contribution in [0.2, 0.25) is 0 Å². The highest BCUT2D eigenvalue weighted by Crippen LogP contribution is 2.14. The molecule has 0 saturated carbocycles. The summed E-state index contributed by atoms with van der Waals surface area (Å²) in [5.41, 5.74) is 3.44. The van der Waals surface area contributed by atoms with E-state index >= 15 is 0 Å². The summed E-state index contributed by atoms with van der Waals surface area (Å²) in [6.45, 7) is 2.14. The number of aromatic amines is 1. The minimum absolute atomic E-state index is 0.477. The highest BCUT2D eigenvalue weighted by atomic mass is 32.1. The van der Waals surface area contributed by atoms with Crippen LogP contribution in [-0.2, 0) is 12.8 Å². The summed E-state index contributed by atoms with van der Waals surface area (Å²) in [5, 5.41) is 11.6. The minimum Gasteiger partial charge on any atom is -0.497 e. The SMILES string of the molecule is CCc1ccc(/C=N\n2c(Cc3ccc(OC)cc3)n[nH]c2=S)cc1. The third-order valence-electron chi connectivity index (χ3n) is 3.95. The molecule has 0 unspecified atom stereocenters. The average Bonchev–Trinajstić information content (AvgIpc) is 3.00. The maximum atomic E-state index is 5.29. The van der Waals surface area contributed by atoms with E-state index in [-0.39, 0.29) is 0 Å². The number of ether oxygens (including phenoxy) is 1. The molecule has 3 aromatic rings. The lowest BCUT2D eigenvalue weighted by molar-refractivity contribution is 0.414. The topological polar surface area (TPSA) is 55.2 Å². The molecule has 128 valence electrons. The Balaban J connectivity index is 1.80.